The van der Waals surface area contributed by atoms with Crippen molar-refractivity contribution in [3.05, 3.63) is 95.5 Å². The summed E-state index contributed by atoms with van der Waals surface area (Å²) in [5.74, 6) is 0. The zero-order valence-corrected chi connectivity index (χ0v) is 17.4. The summed E-state index contributed by atoms with van der Waals surface area (Å²) in [5, 5.41) is 0.356. The number of rotatable bonds is 7. The molecule has 0 aliphatic carbocycles. The molecule has 0 spiro atoms. The van der Waals surface area contributed by atoms with E-state index in [1.165, 1.54) is 72.8 Å². The first-order valence-corrected chi connectivity index (χ1v) is 11.8. The van der Waals surface area contributed by atoms with Gasteiger partial charge in [-0.25, -0.2) is 21.2 Å². The summed E-state index contributed by atoms with van der Waals surface area (Å²) in [7, 11) is -9.21. The molecule has 3 aromatic carbocycles. The minimum atomic E-state index is -4.60. The number of nitrogens with zero attached hydrogens (tertiary/aromatic N) is 1. The zero-order chi connectivity index (χ0) is 21.1. The molecule has 5 nitrogen and oxygen atoms in total. The maximum absolute atomic E-state index is 14.2. The van der Waals surface area contributed by atoms with Crippen molar-refractivity contribution in [3.63, 3.8) is 0 Å². The summed E-state index contributed by atoms with van der Waals surface area (Å²) in [6.07, 6.45) is 0. The Labute approximate surface area is 174 Å². The van der Waals surface area contributed by atoms with Crippen molar-refractivity contribution >= 4 is 31.6 Å². The molecule has 0 aliphatic heterocycles. The fourth-order valence-electron chi connectivity index (χ4n) is 2.81. The largest absolute Gasteiger partial charge is 0.257 e. The first-order chi connectivity index (χ1) is 13.8. The average Bonchev–Trinajstić information content (AvgIpc) is 2.73. The molecule has 1 atom stereocenters. The molecule has 152 valence electrons. The molecule has 0 fully saturated rings. The summed E-state index contributed by atoms with van der Waals surface area (Å²) in [4.78, 5) is -0.515. The molecule has 3 aromatic rings. The molecular weight excluding hydrogens is 437 g/mol. The van der Waals surface area contributed by atoms with Gasteiger partial charge in [-0.1, -0.05) is 63.8 Å². The second-order valence-electron chi connectivity index (χ2n) is 6.08. The van der Waals surface area contributed by atoms with Crippen molar-refractivity contribution in [1.29, 1.82) is 0 Å². The van der Waals surface area contributed by atoms with E-state index in [0.717, 1.165) is 0 Å². The number of hydrogen-bond acceptors (Lipinski definition) is 4. The molecule has 3 rings (SSSR count). The lowest BCUT2D eigenvalue weighted by molar-refractivity contribution is 0.339. The van der Waals surface area contributed by atoms with Crippen LogP contribution in [0.1, 0.15) is 11.6 Å². The number of alkyl halides is 1. The van der Waals surface area contributed by atoms with Crippen LogP contribution in [0.4, 0.5) is 4.39 Å². The SMILES string of the molecule is O=S(=O)(c1ccccc1)N(C(CF)c1ccc(Cl)cc1)S(=O)(=O)c1ccccc1. The van der Waals surface area contributed by atoms with Crippen molar-refractivity contribution in [2.45, 2.75) is 15.8 Å². The lowest BCUT2D eigenvalue weighted by Crippen LogP contribution is -2.40. The van der Waals surface area contributed by atoms with E-state index in [2.05, 4.69) is 0 Å². The van der Waals surface area contributed by atoms with Gasteiger partial charge in [-0.2, -0.15) is 0 Å². The van der Waals surface area contributed by atoms with Crippen molar-refractivity contribution in [2.75, 3.05) is 6.67 Å². The van der Waals surface area contributed by atoms with Crippen molar-refractivity contribution < 1.29 is 21.2 Å². The highest BCUT2D eigenvalue weighted by molar-refractivity contribution is 8.04. The Hall–Kier alpha value is -2.26. The normalized spacial score (nSPS) is 13.3. The van der Waals surface area contributed by atoms with Crippen LogP contribution in [-0.4, -0.2) is 27.2 Å². The van der Waals surface area contributed by atoms with E-state index >= 15 is 0 Å². The number of sulfonamides is 2. The van der Waals surface area contributed by atoms with E-state index in [1.807, 2.05) is 0 Å². The molecule has 1 unspecified atom stereocenters. The third-order valence-corrected chi connectivity index (χ3v) is 8.83. The molecule has 9 heteroatoms. The molecule has 0 radical (unpaired) electrons. The summed E-state index contributed by atoms with van der Waals surface area (Å²) < 4.78 is 67.8. The van der Waals surface area contributed by atoms with Gasteiger partial charge in [0, 0.05) is 5.02 Å². The molecule has 29 heavy (non-hydrogen) atoms. The molecule has 0 amide bonds. The molecule has 0 heterocycles. The summed E-state index contributed by atoms with van der Waals surface area (Å²) in [5.41, 5.74) is 0.163. The molecule has 0 saturated heterocycles. The Kier molecular flexibility index (Phi) is 6.38. The smallest absolute Gasteiger partial charge is 0.249 e. The Morgan fingerprint density at radius 3 is 1.52 bits per heavy atom. The minimum absolute atomic E-state index is 0.163. The van der Waals surface area contributed by atoms with E-state index in [9.17, 15) is 21.2 Å². The Balaban J connectivity index is 2.25. The van der Waals surface area contributed by atoms with E-state index in [4.69, 9.17) is 11.6 Å². The summed E-state index contributed by atoms with van der Waals surface area (Å²) >= 11 is 5.87. The van der Waals surface area contributed by atoms with Gasteiger partial charge < -0.3 is 0 Å². The standard InChI is InChI=1S/C20H17ClFNO4S2/c21-17-13-11-16(12-14-17)20(15-22)23(28(24,25)18-7-3-1-4-8-18)29(26,27)19-9-5-2-6-10-19/h1-14,20H,15H2. The van der Waals surface area contributed by atoms with E-state index in [1.54, 1.807) is 12.1 Å². The predicted molar refractivity (Wildman–Crippen MR) is 109 cm³/mol. The maximum atomic E-state index is 14.2. The van der Waals surface area contributed by atoms with Crippen LogP contribution in [0.5, 0.6) is 0 Å². The topological polar surface area (TPSA) is 71.5 Å². The average molecular weight is 454 g/mol. The lowest BCUT2D eigenvalue weighted by Gasteiger charge is -2.29. The minimum Gasteiger partial charge on any atom is -0.249 e. The first kappa shape index (κ1) is 21.4. The van der Waals surface area contributed by atoms with Crippen molar-refractivity contribution in [2.24, 2.45) is 0 Å². The van der Waals surface area contributed by atoms with Crippen LogP contribution in [0.15, 0.2) is 94.7 Å². The third-order valence-electron chi connectivity index (χ3n) is 4.21. The Bertz CT molecular complexity index is 1100. The summed E-state index contributed by atoms with van der Waals surface area (Å²) in [6, 6.07) is 18.2. The monoisotopic (exact) mass is 453 g/mol. The van der Waals surface area contributed by atoms with Gasteiger partial charge in [0.2, 0.25) is 0 Å². The second-order valence-corrected chi connectivity index (χ2v) is 10.4. The Morgan fingerprint density at radius 1 is 0.724 bits per heavy atom. The second kappa shape index (κ2) is 8.62. The predicted octanol–water partition coefficient (Wildman–Crippen LogP) is 4.43. The Morgan fingerprint density at radius 2 is 1.14 bits per heavy atom. The van der Waals surface area contributed by atoms with Crippen molar-refractivity contribution in [1.82, 2.24) is 3.71 Å². The number of hydrogen-bond donors (Lipinski definition) is 0. The zero-order valence-electron chi connectivity index (χ0n) is 15.0. The van der Waals surface area contributed by atoms with Crippen LogP contribution in [-0.2, 0) is 20.0 Å². The highest BCUT2D eigenvalue weighted by Crippen LogP contribution is 2.34. The van der Waals surface area contributed by atoms with Crippen LogP contribution < -0.4 is 0 Å². The van der Waals surface area contributed by atoms with Gasteiger partial charge in [0.25, 0.3) is 20.0 Å². The molecule has 0 saturated carbocycles. The fourth-order valence-corrected chi connectivity index (χ4v) is 6.93. The van der Waals surface area contributed by atoms with Crippen LogP contribution in [0.3, 0.4) is 0 Å². The molecule has 0 aromatic heterocycles. The molecule has 0 bridgehead atoms. The van der Waals surface area contributed by atoms with Gasteiger partial charge in [0.05, 0.1) is 15.8 Å². The lowest BCUT2D eigenvalue weighted by atomic mass is 10.1. The fraction of sp³-hybridized carbons (Fsp3) is 0.100. The van der Waals surface area contributed by atoms with Crippen LogP contribution in [0.25, 0.3) is 0 Å². The third kappa shape index (κ3) is 4.35. The van der Waals surface area contributed by atoms with Crippen LogP contribution in [0, 0.1) is 0 Å². The highest BCUT2D eigenvalue weighted by Gasteiger charge is 2.43. The van der Waals surface area contributed by atoms with Gasteiger partial charge >= 0.3 is 0 Å². The van der Waals surface area contributed by atoms with E-state index in [0.29, 0.717) is 5.02 Å². The number of halogens is 2. The first-order valence-electron chi connectivity index (χ1n) is 8.49. The van der Waals surface area contributed by atoms with Crippen LogP contribution >= 0.6 is 11.6 Å². The van der Waals surface area contributed by atoms with Crippen molar-refractivity contribution in [3.8, 4) is 0 Å². The number of benzene rings is 3. The molecular formula is C20H17ClFNO4S2. The van der Waals surface area contributed by atoms with Gasteiger partial charge in [-0.3, -0.25) is 0 Å². The van der Waals surface area contributed by atoms with E-state index in [-0.39, 0.29) is 19.1 Å². The highest BCUT2D eigenvalue weighted by atomic mass is 35.5. The molecule has 0 aliphatic rings. The van der Waals surface area contributed by atoms with Gasteiger partial charge in [0.1, 0.15) is 6.67 Å². The van der Waals surface area contributed by atoms with Gasteiger partial charge in [0.15, 0.2) is 0 Å². The van der Waals surface area contributed by atoms with Gasteiger partial charge in [-0.15, -0.1) is 0 Å². The molecule has 0 N–H and O–H groups in total. The summed E-state index contributed by atoms with van der Waals surface area (Å²) in [6.45, 7) is -1.25. The quantitative estimate of drug-likeness (QED) is 0.530. The maximum Gasteiger partial charge on any atom is 0.257 e. The van der Waals surface area contributed by atoms with E-state index < -0.39 is 32.8 Å². The van der Waals surface area contributed by atoms with Crippen LogP contribution in [0.2, 0.25) is 5.02 Å². The van der Waals surface area contributed by atoms with Gasteiger partial charge in [-0.05, 0) is 42.0 Å².